The van der Waals surface area contributed by atoms with Crippen LogP contribution >= 0.6 is 0 Å². The van der Waals surface area contributed by atoms with Gasteiger partial charge in [-0.15, -0.1) is 0 Å². The Morgan fingerprint density at radius 1 is 1.50 bits per heavy atom. The average molecular weight is 198 g/mol. The highest BCUT2D eigenvalue weighted by Gasteiger charge is 2.24. The van der Waals surface area contributed by atoms with Crippen LogP contribution in [0.5, 0.6) is 0 Å². The largest absolute Gasteiger partial charge is 0.324 e. The summed E-state index contributed by atoms with van der Waals surface area (Å²) >= 11 is 0. The summed E-state index contributed by atoms with van der Waals surface area (Å²) in [5.41, 5.74) is 6.28. The number of nitrogens with zero attached hydrogens (tertiary/aromatic N) is 1. The van der Waals surface area contributed by atoms with E-state index in [-0.39, 0.29) is 5.54 Å². The summed E-state index contributed by atoms with van der Waals surface area (Å²) in [7, 11) is 0. The number of nitrogens with two attached hydrogens (primary N) is 1. The van der Waals surface area contributed by atoms with Crippen molar-refractivity contribution in [1.82, 2.24) is 4.90 Å². The molecule has 2 heteroatoms. The van der Waals surface area contributed by atoms with Crippen LogP contribution in [0.2, 0.25) is 0 Å². The predicted octanol–water partition coefficient (Wildman–Crippen LogP) is 2.24. The van der Waals surface area contributed by atoms with Gasteiger partial charge in [0.1, 0.15) is 0 Å². The molecule has 84 valence electrons. The molecule has 0 aromatic heterocycles. The van der Waals surface area contributed by atoms with E-state index in [1.165, 1.54) is 32.4 Å². The maximum atomic E-state index is 6.26. The molecular formula is C12H26N2. The van der Waals surface area contributed by atoms with Crippen molar-refractivity contribution in [3.63, 3.8) is 0 Å². The zero-order valence-corrected chi connectivity index (χ0v) is 10.1. The molecule has 0 aromatic rings. The van der Waals surface area contributed by atoms with E-state index in [0.717, 1.165) is 18.9 Å². The Hall–Kier alpha value is -0.0800. The standard InChI is InChI=1S/C12H26N2/c1-4-7-12(3,13)10-14-8-5-6-11(2)9-14/h11H,4-10,13H2,1-3H3. The van der Waals surface area contributed by atoms with Crippen LogP contribution in [0.4, 0.5) is 0 Å². The Morgan fingerprint density at radius 3 is 2.79 bits per heavy atom. The number of piperidine rings is 1. The number of hydrogen-bond acceptors (Lipinski definition) is 2. The van der Waals surface area contributed by atoms with Gasteiger partial charge in [0.15, 0.2) is 0 Å². The number of likely N-dealkylation sites (tertiary alicyclic amines) is 1. The van der Waals surface area contributed by atoms with E-state index in [2.05, 4.69) is 25.7 Å². The molecule has 1 rings (SSSR count). The van der Waals surface area contributed by atoms with Crippen molar-refractivity contribution in [3.8, 4) is 0 Å². The van der Waals surface area contributed by atoms with E-state index in [1.807, 2.05) is 0 Å². The Kier molecular flexibility index (Phi) is 4.39. The van der Waals surface area contributed by atoms with Gasteiger partial charge in [0.25, 0.3) is 0 Å². The first-order valence-corrected chi connectivity index (χ1v) is 6.05. The second kappa shape index (κ2) is 5.13. The molecule has 1 fully saturated rings. The fourth-order valence-corrected chi connectivity index (χ4v) is 2.59. The van der Waals surface area contributed by atoms with Crippen molar-refractivity contribution >= 4 is 0 Å². The van der Waals surface area contributed by atoms with Gasteiger partial charge in [0.05, 0.1) is 0 Å². The van der Waals surface area contributed by atoms with E-state index in [4.69, 9.17) is 5.73 Å². The lowest BCUT2D eigenvalue weighted by Crippen LogP contribution is -2.50. The third kappa shape index (κ3) is 3.97. The molecule has 0 radical (unpaired) electrons. The summed E-state index contributed by atoms with van der Waals surface area (Å²) in [5, 5.41) is 0. The van der Waals surface area contributed by atoms with Crippen LogP contribution in [0.15, 0.2) is 0 Å². The highest BCUT2D eigenvalue weighted by Crippen LogP contribution is 2.18. The zero-order valence-electron chi connectivity index (χ0n) is 10.1. The van der Waals surface area contributed by atoms with Crippen LogP contribution in [-0.4, -0.2) is 30.1 Å². The first-order valence-electron chi connectivity index (χ1n) is 6.05. The molecule has 0 saturated carbocycles. The van der Waals surface area contributed by atoms with Gasteiger partial charge < -0.3 is 10.6 Å². The highest BCUT2D eigenvalue weighted by molar-refractivity contribution is 4.84. The SMILES string of the molecule is CCCC(C)(N)CN1CCCC(C)C1. The summed E-state index contributed by atoms with van der Waals surface area (Å²) in [5.74, 6) is 0.862. The van der Waals surface area contributed by atoms with Crippen LogP contribution < -0.4 is 5.73 Å². The minimum atomic E-state index is 0.0197. The molecule has 2 N–H and O–H groups in total. The Bertz CT molecular complexity index is 166. The van der Waals surface area contributed by atoms with E-state index >= 15 is 0 Å². The summed E-state index contributed by atoms with van der Waals surface area (Å²) < 4.78 is 0. The first-order chi connectivity index (χ1) is 6.53. The van der Waals surface area contributed by atoms with Crippen LogP contribution in [0.3, 0.4) is 0 Å². The second-order valence-corrected chi connectivity index (χ2v) is 5.39. The van der Waals surface area contributed by atoms with Gasteiger partial charge in [-0.2, -0.15) is 0 Å². The molecule has 14 heavy (non-hydrogen) atoms. The minimum absolute atomic E-state index is 0.0197. The molecule has 0 aliphatic carbocycles. The van der Waals surface area contributed by atoms with Crippen LogP contribution in [0.1, 0.15) is 46.5 Å². The molecule has 0 amide bonds. The van der Waals surface area contributed by atoms with Crippen molar-refractivity contribution in [3.05, 3.63) is 0 Å². The van der Waals surface area contributed by atoms with Gasteiger partial charge in [-0.1, -0.05) is 20.3 Å². The third-order valence-electron chi connectivity index (χ3n) is 3.15. The topological polar surface area (TPSA) is 29.3 Å². The maximum absolute atomic E-state index is 6.26. The fourth-order valence-electron chi connectivity index (χ4n) is 2.59. The predicted molar refractivity (Wildman–Crippen MR) is 62.3 cm³/mol. The van der Waals surface area contributed by atoms with Crippen molar-refractivity contribution < 1.29 is 0 Å². The quantitative estimate of drug-likeness (QED) is 0.750. The van der Waals surface area contributed by atoms with E-state index < -0.39 is 0 Å². The Labute approximate surface area is 88.8 Å². The minimum Gasteiger partial charge on any atom is -0.324 e. The first kappa shape index (κ1) is 12.0. The number of rotatable bonds is 4. The second-order valence-electron chi connectivity index (χ2n) is 5.39. The lowest BCUT2D eigenvalue weighted by molar-refractivity contribution is 0.147. The van der Waals surface area contributed by atoms with Gasteiger partial charge in [-0.25, -0.2) is 0 Å². The van der Waals surface area contributed by atoms with E-state index in [9.17, 15) is 0 Å². The molecule has 0 bridgehead atoms. The monoisotopic (exact) mass is 198 g/mol. The van der Waals surface area contributed by atoms with Crippen molar-refractivity contribution in [2.45, 2.75) is 52.0 Å². The molecular weight excluding hydrogens is 172 g/mol. The average Bonchev–Trinajstić information content (AvgIpc) is 2.02. The van der Waals surface area contributed by atoms with Gasteiger partial charge >= 0.3 is 0 Å². The van der Waals surface area contributed by atoms with E-state index in [1.54, 1.807) is 0 Å². The molecule has 2 atom stereocenters. The molecule has 0 spiro atoms. The Morgan fingerprint density at radius 2 is 2.21 bits per heavy atom. The normalized spacial score (nSPS) is 28.7. The highest BCUT2D eigenvalue weighted by atomic mass is 15.1. The molecule has 1 saturated heterocycles. The maximum Gasteiger partial charge on any atom is 0.0254 e. The molecule has 1 aliphatic rings. The fraction of sp³-hybridized carbons (Fsp3) is 1.00. The summed E-state index contributed by atoms with van der Waals surface area (Å²) in [6, 6.07) is 0. The van der Waals surface area contributed by atoms with Gasteiger partial charge in [0.2, 0.25) is 0 Å². The summed E-state index contributed by atoms with van der Waals surface area (Å²) in [6.07, 6.45) is 5.07. The van der Waals surface area contributed by atoms with Crippen LogP contribution in [-0.2, 0) is 0 Å². The zero-order chi connectivity index (χ0) is 10.6. The molecule has 1 heterocycles. The van der Waals surface area contributed by atoms with Crippen LogP contribution in [0.25, 0.3) is 0 Å². The summed E-state index contributed by atoms with van der Waals surface area (Å²) in [4.78, 5) is 2.55. The van der Waals surface area contributed by atoms with Crippen molar-refractivity contribution in [2.24, 2.45) is 11.7 Å². The smallest absolute Gasteiger partial charge is 0.0254 e. The van der Waals surface area contributed by atoms with Crippen LogP contribution in [0, 0.1) is 5.92 Å². The van der Waals surface area contributed by atoms with Crippen molar-refractivity contribution in [1.29, 1.82) is 0 Å². The van der Waals surface area contributed by atoms with Crippen molar-refractivity contribution in [2.75, 3.05) is 19.6 Å². The lowest BCUT2D eigenvalue weighted by Gasteiger charge is -2.37. The summed E-state index contributed by atoms with van der Waals surface area (Å²) in [6.45, 7) is 10.3. The van der Waals surface area contributed by atoms with Gasteiger partial charge in [-0.3, -0.25) is 0 Å². The molecule has 2 unspecified atom stereocenters. The molecule has 2 nitrogen and oxygen atoms in total. The molecule has 1 aliphatic heterocycles. The molecule has 0 aromatic carbocycles. The lowest BCUT2D eigenvalue weighted by atomic mass is 9.94. The van der Waals surface area contributed by atoms with Gasteiger partial charge in [-0.05, 0) is 38.6 Å². The van der Waals surface area contributed by atoms with Gasteiger partial charge in [0, 0.05) is 18.6 Å². The third-order valence-corrected chi connectivity index (χ3v) is 3.15. The van der Waals surface area contributed by atoms with E-state index in [0.29, 0.717) is 0 Å². The Balaban J connectivity index is 2.34. The number of hydrogen-bond donors (Lipinski definition) is 1.